The Hall–Kier alpha value is -1.51. The van der Waals surface area contributed by atoms with Crippen LogP contribution in [0.25, 0.3) is 0 Å². The Morgan fingerprint density at radius 3 is 2.96 bits per heavy atom. The maximum absolute atomic E-state index is 5.93. The van der Waals surface area contributed by atoms with Crippen LogP contribution in [0.15, 0.2) is 29.6 Å². The highest BCUT2D eigenvalue weighted by molar-refractivity contribution is 7.98. The molecule has 6 nitrogen and oxygen atoms in total. The first-order valence-electron chi connectivity index (χ1n) is 10.2. The average molecular weight is 421 g/mol. The van der Waals surface area contributed by atoms with Crippen LogP contribution in [0.4, 0.5) is 0 Å². The minimum absolute atomic E-state index is 0.546. The molecule has 3 rings (SSSR count). The molecule has 0 aromatic carbocycles. The average Bonchev–Trinajstić information content (AvgIpc) is 3.38. The standard InChI is InChI=1S/C20H32N6S2/c21-20(23-8-4-5-17-13-22-16-25-17)24-9-12-27-15-19-7-6-18(28-19)14-26-10-2-1-3-11-26/h6-7,13,16H,1-5,8-12,14-15H2,(H,22,25)(H3,21,23,24). The predicted octanol–water partition coefficient (Wildman–Crippen LogP) is 3.23. The Labute approximate surface area is 176 Å². The van der Waals surface area contributed by atoms with E-state index < -0.39 is 0 Å². The summed E-state index contributed by atoms with van der Waals surface area (Å²) in [5.41, 5.74) is 7.07. The van der Waals surface area contributed by atoms with Gasteiger partial charge in [0, 0.05) is 52.8 Å². The van der Waals surface area contributed by atoms with Gasteiger partial charge >= 0.3 is 0 Å². The van der Waals surface area contributed by atoms with Gasteiger partial charge in [-0.3, -0.25) is 9.89 Å². The van der Waals surface area contributed by atoms with Gasteiger partial charge in [-0.25, -0.2) is 4.98 Å². The second-order valence-electron chi connectivity index (χ2n) is 7.13. The van der Waals surface area contributed by atoms with E-state index in [1.807, 2.05) is 29.3 Å². The Balaban J connectivity index is 1.23. The first kappa shape index (κ1) is 21.2. The molecule has 0 atom stereocenters. The fourth-order valence-corrected chi connectivity index (χ4v) is 5.32. The fraction of sp³-hybridized carbons (Fsp3) is 0.600. The van der Waals surface area contributed by atoms with Crippen LogP contribution >= 0.6 is 23.1 Å². The quantitative estimate of drug-likeness (QED) is 0.295. The van der Waals surface area contributed by atoms with Gasteiger partial charge in [-0.05, 0) is 50.9 Å². The SMILES string of the molecule is NC(=NCCCc1cnc[nH]1)NCCSCc1ccc(CN2CCCCC2)s1. The molecule has 1 saturated heterocycles. The number of guanidine groups is 1. The molecule has 2 aromatic heterocycles. The molecule has 2 aromatic rings. The van der Waals surface area contributed by atoms with Crippen molar-refractivity contribution < 1.29 is 0 Å². The van der Waals surface area contributed by atoms with Crippen LogP contribution in [0, 0.1) is 0 Å². The molecule has 0 aliphatic carbocycles. The molecular weight excluding hydrogens is 388 g/mol. The number of thioether (sulfide) groups is 1. The number of hydrogen-bond acceptors (Lipinski definition) is 5. The summed E-state index contributed by atoms with van der Waals surface area (Å²) >= 11 is 3.91. The summed E-state index contributed by atoms with van der Waals surface area (Å²) in [6, 6.07) is 4.60. The van der Waals surface area contributed by atoms with Crippen molar-refractivity contribution in [3.8, 4) is 0 Å². The highest BCUT2D eigenvalue weighted by Crippen LogP contribution is 2.23. The van der Waals surface area contributed by atoms with Gasteiger partial charge in [0.15, 0.2) is 5.96 Å². The zero-order valence-corrected chi connectivity index (χ0v) is 18.2. The zero-order valence-electron chi connectivity index (χ0n) is 16.5. The second kappa shape index (κ2) is 12.1. The molecular formula is C20H32N6S2. The van der Waals surface area contributed by atoms with Crippen molar-refractivity contribution in [2.24, 2.45) is 10.7 Å². The van der Waals surface area contributed by atoms with Crippen LogP contribution in [-0.2, 0) is 18.7 Å². The first-order chi connectivity index (χ1) is 13.8. The van der Waals surface area contributed by atoms with Gasteiger partial charge in [0.1, 0.15) is 0 Å². The molecule has 4 N–H and O–H groups in total. The van der Waals surface area contributed by atoms with Gasteiger partial charge in [0.25, 0.3) is 0 Å². The lowest BCUT2D eigenvalue weighted by atomic mass is 10.1. The van der Waals surface area contributed by atoms with E-state index in [0.29, 0.717) is 5.96 Å². The van der Waals surface area contributed by atoms with Crippen molar-refractivity contribution in [3.05, 3.63) is 40.1 Å². The first-order valence-corrected chi connectivity index (χ1v) is 12.2. The number of H-pyrrole nitrogens is 1. The van der Waals surface area contributed by atoms with Gasteiger partial charge in [-0.15, -0.1) is 11.3 Å². The van der Waals surface area contributed by atoms with Crippen molar-refractivity contribution in [2.75, 3.05) is 31.9 Å². The fourth-order valence-electron chi connectivity index (χ4n) is 3.29. The van der Waals surface area contributed by atoms with E-state index in [1.165, 1.54) is 42.1 Å². The Morgan fingerprint density at radius 1 is 1.29 bits per heavy atom. The summed E-state index contributed by atoms with van der Waals surface area (Å²) in [5.74, 6) is 2.65. The lowest BCUT2D eigenvalue weighted by Crippen LogP contribution is -2.33. The van der Waals surface area contributed by atoms with Gasteiger partial charge < -0.3 is 16.0 Å². The van der Waals surface area contributed by atoms with Gasteiger partial charge in [-0.1, -0.05) is 6.42 Å². The topological polar surface area (TPSA) is 82.3 Å². The lowest BCUT2D eigenvalue weighted by molar-refractivity contribution is 0.222. The number of hydrogen-bond donors (Lipinski definition) is 3. The van der Waals surface area contributed by atoms with Gasteiger partial charge in [-0.2, -0.15) is 11.8 Å². The summed E-state index contributed by atoms with van der Waals surface area (Å²) in [4.78, 5) is 17.0. The molecule has 0 bridgehead atoms. The van der Waals surface area contributed by atoms with Crippen LogP contribution < -0.4 is 11.1 Å². The molecule has 1 aliphatic rings. The Bertz CT molecular complexity index is 691. The number of aryl methyl sites for hydroxylation is 1. The monoisotopic (exact) mass is 420 g/mol. The molecule has 28 heavy (non-hydrogen) atoms. The summed E-state index contributed by atoms with van der Waals surface area (Å²) in [6.07, 6.45) is 9.60. The van der Waals surface area contributed by atoms with E-state index in [4.69, 9.17) is 5.73 Å². The normalized spacial score (nSPS) is 15.8. The Morgan fingerprint density at radius 2 is 2.14 bits per heavy atom. The molecule has 1 fully saturated rings. The van der Waals surface area contributed by atoms with Crippen LogP contribution in [0.3, 0.4) is 0 Å². The molecule has 8 heteroatoms. The van der Waals surface area contributed by atoms with Gasteiger partial charge in [0.05, 0.1) is 6.33 Å². The molecule has 154 valence electrons. The van der Waals surface area contributed by atoms with Crippen molar-refractivity contribution in [1.29, 1.82) is 0 Å². The van der Waals surface area contributed by atoms with Crippen LogP contribution in [-0.4, -0.2) is 52.8 Å². The zero-order chi connectivity index (χ0) is 19.4. The second-order valence-corrected chi connectivity index (χ2v) is 9.49. The molecule has 0 radical (unpaired) electrons. The predicted molar refractivity (Wildman–Crippen MR) is 121 cm³/mol. The number of likely N-dealkylation sites (tertiary alicyclic amines) is 1. The third kappa shape index (κ3) is 7.85. The van der Waals surface area contributed by atoms with E-state index in [-0.39, 0.29) is 0 Å². The minimum atomic E-state index is 0.546. The van der Waals surface area contributed by atoms with E-state index >= 15 is 0 Å². The summed E-state index contributed by atoms with van der Waals surface area (Å²) in [7, 11) is 0. The van der Waals surface area contributed by atoms with Crippen molar-refractivity contribution in [1.82, 2.24) is 20.2 Å². The lowest BCUT2D eigenvalue weighted by Gasteiger charge is -2.25. The maximum Gasteiger partial charge on any atom is 0.188 e. The van der Waals surface area contributed by atoms with Crippen molar-refractivity contribution in [2.45, 2.75) is 44.4 Å². The van der Waals surface area contributed by atoms with Crippen molar-refractivity contribution in [3.63, 3.8) is 0 Å². The van der Waals surface area contributed by atoms with Crippen molar-refractivity contribution >= 4 is 29.1 Å². The molecule has 0 unspecified atom stereocenters. The third-order valence-corrected chi connectivity index (χ3v) is 7.04. The number of aromatic amines is 1. The molecule has 1 aliphatic heterocycles. The number of thiophene rings is 1. The molecule has 3 heterocycles. The minimum Gasteiger partial charge on any atom is -0.370 e. The molecule has 0 saturated carbocycles. The van der Waals surface area contributed by atoms with Crippen LogP contribution in [0.1, 0.15) is 41.1 Å². The summed E-state index contributed by atoms with van der Waals surface area (Å²) in [5, 5.41) is 3.21. The highest BCUT2D eigenvalue weighted by Gasteiger charge is 2.11. The number of rotatable bonds is 11. The summed E-state index contributed by atoms with van der Waals surface area (Å²) in [6.45, 7) is 5.25. The largest absolute Gasteiger partial charge is 0.370 e. The van der Waals surface area contributed by atoms with E-state index in [9.17, 15) is 0 Å². The van der Waals surface area contributed by atoms with E-state index in [2.05, 4.69) is 37.3 Å². The van der Waals surface area contributed by atoms with Gasteiger partial charge in [0.2, 0.25) is 0 Å². The number of nitrogens with two attached hydrogens (primary N) is 1. The van der Waals surface area contributed by atoms with Crippen LogP contribution in [0.5, 0.6) is 0 Å². The third-order valence-electron chi connectivity index (χ3n) is 4.78. The number of aliphatic imine (C=N–C) groups is 1. The maximum atomic E-state index is 5.93. The number of nitrogens with zero attached hydrogens (tertiary/aromatic N) is 3. The number of imidazole rings is 1. The van der Waals surface area contributed by atoms with E-state index in [0.717, 1.165) is 49.7 Å². The highest BCUT2D eigenvalue weighted by atomic mass is 32.2. The Kier molecular flexibility index (Phi) is 9.19. The molecule has 0 amide bonds. The summed E-state index contributed by atoms with van der Waals surface area (Å²) < 4.78 is 0. The van der Waals surface area contributed by atoms with Crippen LogP contribution in [0.2, 0.25) is 0 Å². The number of piperidine rings is 1. The number of aromatic nitrogens is 2. The molecule has 0 spiro atoms. The smallest absolute Gasteiger partial charge is 0.188 e. The van der Waals surface area contributed by atoms with E-state index in [1.54, 1.807) is 6.33 Å². The number of nitrogens with one attached hydrogen (secondary N) is 2.